The van der Waals surface area contributed by atoms with E-state index in [-0.39, 0.29) is 11.3 Å². The zero-order valence-electron chi connectivity index (χ0n) is 15.8. The molecule has 0 aliphatic heterocycles. The first-order valence-corrected chi connectivity index (χ1v) is 9.95. The van der Waals surface area contributed by atoms with Crippen LogP contribution in [0, 0.1) is 18.6 Å². The second-order valence-electron chi connectivity index (χ2n) is 6.14. The van der Waals surface area contributed by atoms with Gasteiger partial charge in [0.15, 0.2) is 0 Å². The number of hydrogen-bond acceptors (Lipinski definition) is 4. The van der Waals surface area contributed by atoms with E-state index in [9.17, 15) is 17.2 Å². The monoisotopic (exact) mass is 396 g/mol. The maximum absolute atomic E-state index is 13.9. The van der Waals surface area contributed by atoms with E-state index in [4.69, 9.17) is 4.42 Å². The van der Waals surface area contributed by atoms with Gasteiger partial charge >= 0.3 is 0 Å². The van der Waals surface area contributed by atoms with Crippen LogP contribution >= 0.6 is 0 Å². The van der Waals surface area contributed by atoms with Gasteiger partial charge in [-0.2, -0.15) is 0 Å². The molecule has 0 saturated carbocycles. The van der Waals surface area contributed by atoms with E-state index in [1.165, 1.54) is 13.1 Å². The topological polar surface area (TPSA) is 62.6 Å². The standard InChI is InChI=1S/C17H15F2NO3S.C2H7N/c1-10-6-11-7-17(13-5-4-12(18)8-14(13)19)23-16(11)9-15(10)20(2)24(3,21)22;1-3-2/h4-9H,1-3H3;3H,1-2H3. The van der Waals surface area contributed by atoms with Crippen LogP contribution < -0.4 is 9.62 Å². The smallest absolute Gasteiger partial charge is 0.232 e. The number of furan rings is 1. The van der Waals surface area contributed by atoms with Gasteiger partial charge in [-0.05, 0) is 50.8 Å². The van der Waals surface area contributed by atoms with Crippen LogP contribution in [-0.2, 0) is 10.0 Å². The number of aryl methyl sites for hydroxylation is 1. The summed E-state index contributed by atoms with van der Waals surface area (Å²) in [4.78, 5) is 0. The van der Waals surface area contributed by atoms with E-state index >= 15 is 0 Å². The van der Waals surface area contributed by atoms with Crippen molar-refractivity contribution < 1.29 is 21.6 Å². The maximum Gasteiger partial charge on any atom is 0.232 e. The number of benzene rings is 2. The normalized spacial score (nSPS) is 11.2. The van der Waals surface area contributed by atoms with E-state index in [0.29, 0.717) is 16.7 Å². The summed E-state index contributed by atoms with van der Waals surface area (Å²) in [6, 6.07) is 8.25. The first kappa shape index (κ1) is 20.9. The van der Waals surface area contributed by atoms with Crippen LogP contribution in [0.4, 0.5) is 14.5 Å². The highest BCUT2D eigenvalue weighted by atomic mass is 32.2. The summed E-state index contributed by atoms with van der Waals surface area (Å²) in [6.07, 6.45) is 1.11. The molecule has 3 aromatic rings. The molecule has 8 heteroatoms. The molecule has 0 atom stereocenters. The molecule has 0 bridgehead atoms. The third-order valence-corrected chi connectivity index (χ3v) is 5.06. The van der Waals surface area contributed by atoms with Crippen molar-refractivity contribution in [3.8, 4) is 11.3 Å². The molecular formula is C19H22F2N2O3S. The van der Waals surface area contributed by atoms with Crippen molar-refractivity contribution >= 4 is 26.7 Å². The Morgan fingerprint density at radius 2 is 1.70 bits per heavy atom. The molecule has 0 aliphatic carbocycles. The minimum absolute atomic E-state index is 0.142. The average molecular weight is 396 g/mol. The Kier molecular flexibility index (Phi) is 6.22. The second-order valence-corrected chi connectivity index (χ2v) is 8.16. The predicted molar refractivity (Wildman–Crippen MR) is 105 cm³/mol. The van der Waals surface area contributed by atoms with E-state index in [2.05, 4.69) is 5.32 Å². The fourth-order valence-electron chi connectivity index (χ4n) is 2.53. The minimum Gasteiger partial charge on any atom is -0.456 e. The lowest BCUT2D eigenvalue weighted by Gasteiger charge is -2.18. The van der Waals surface area contributed by atoms with Gasteiger partial charge in [0.25, 0.3) is 0 Å². The molecule has 0 saturated heterocycles. The van der Waals surface area contributed by atoms with Crippen molar-refractivity contribution in [1.29, 1.82) is 0 Å². The van der Waals surface area contributed by atoms with Crippen molar-refractivity contribution in [2.24, 2.45) is 0 Å². The van der Waals surface area contributed by atoms with E-state index in [1.807, 2.05) is 14.1 Å². The van der Waals surface area contributed by atoms with Gasteiger partial charge in [-0.3, -0.25) is 4.31 Å². The molecule has 5 nitrogen and oxygen atoms in total. The third-order valence-electron chi connectivity index (χ3n) is 3.87. The molecule has 1 N–H and O–H groups in total. The SMILES string of the molecule is CNC.Cc1cc2cc(-c3ccc(F)cc3F)oc2cc1N(C)S(C)(=O)=O. The van der Waals surface area contributed by atoms with Gasteiger partial charge in [-0.15, -0.1) is 0 Å². The Balaban J connectivity index is 0.000000817. The van der Waals surface area contributed by atoms with Crippen LogP contribution in [0.2, 0.25) is 0 Å². The molecule has 0 spiro atoms. The molecule has 2 aromatic carbocycles. The van der Waals surface area contributed by atoms with Gasteiger partial charge in [-0.1, -0.05) is 0 Å². The van der Waals surface area contributed by atoms with Crippen LogP contribution in [0.3, 0.4) is 0 Å². The van der Waals surface area contributed by atoms with E-state index < -0.39 is 21.7 Å². The van der Waals surface area contributed by atoms with Crippen molar-refractivity contribution in [1.82, 2.24) is 5.32 Å². The molecule has 0 amide bonds. The van der Waals surface area contributed by atoms with Gasteiger partial charge in [0.1, 0.15) is 23.0 Å². The summed E-state index contributed by atoms with van der Waals surface area (Å²) < 4.78 is 57.2. The molecular weight excluding hydrogens is 374 g/mol. The van der Waals surface area contributed by atoms with Gasteiger partial charge < -0.3 is 9.73 Å². The fourth-order valence-corrected chi connectivity index (χ4v) is 3.08. The summed E-state index contributed by atoms with van der Waals surface area (Å²) >= 11 is 0. The van der Waals surface area contributed by atoms with E-state index in [1.54, 1.807) is 25.1 Å². The summed E-state index contributed by atoms with van der Waals surface area (Å²) in [5.41, 5.74) is 1.78. The van der Waals surface area contributed by atoms with Crippen molar-refractivity contribution in [3.05, 3.63) is 53.6 Å². The summed E-state index contributed by atoms with van der Waals surface area (Å²) in [6.45, 7) is 1.78. The molecule has 146 valence electrons. The number of nitrogens with one attached hydrogen (secondary N) is 1. The van der Waals surface area contributed by atoms with Gasteiger partial charge in [0.05, 0.1) is 17.5 Å². The zero-order chi connectivity index (χ0) is 20.4. The van der Waals surface area contributed by atoms with Crippen LogP contribution in [-0.4, -0.2) is 35.8 Å². The largest absolute Gasteiger partial charge is 0.456 e. The Morgan fingerprint density at radius 1 is 1.07 bits per heavy atom. The number of hydrogen-bond donors (Lipinski definition) is 1. The molecule has 0 fully saturated rings. The highest BCUT2D eigenvalue weighted by Gasteiger charge is 2.18. The zero-order valence-corrected chi connectivity index (χ0v) is 16.6. The number of nitrogens with zero attached hydrogens (tertiary/aromatic N) is 1. The summed E-state index contributed by atoms with van der Waals surface area (Å²) in [5.74, 6) is -1.14. The summed E-state index contributed by atoms with van der Waals surface area (Å²) in [5, 5.41) is 3.46. The van der Waals surface area contributed by atoms with Gasteiger partial charge in [0, 0.05) is 24.6 Å². The first-order valence-electron chi connectivity index (χ1n) is 8.10. The Labute approximate surface area is 157 Å². The van der Waals surface area contributed by atoms with Gasteiger partial charge in [0.2, 0.25) is 10.0 Å². The quantitative estimate of drug-likeness (QED) is 0.729. The number of rotatable bonds is 3. The highest BCUT2D eigenvalue weighted by molar-refractivity contribution is 7.92. The number of sulfonamides is 1. The third kappa shape index (κ3) is 4.64. The Morgan fingerprint density at radius 3 is 2.26 bits per heavy atom. The fraction of sp³-hybridized carbons (Fsp3) is 0.263. The molecule has 27 heavy (non-hydrogen) atoms. The van der Waals surface area contributed by atoms with Crippen LogP contribution in [0.1, 0.15) is 5.56 Å². The highest BCUT2D eigenvalue weighted by Crippen LogP contribution is 2.34. The number of halogens is 2. The first-order chi connectivity index (χ1) is 12.6. The van der Waals surface area contributed by atoms with Crippen LogP contribution in [0.15, 0.2) is 40.8 Å². The van der Waals surface area contributed by atoms with Crippen LogP contribution in [0.25, 0.3) is 22.3 Å². The number of anilines is 1. The maximum atomic E-state index is 13.9. The molecule has 0 unspecified atom stereocenters. The lowest BCUT2D eigenvalue weighted by molar-refractivity contribution is 0.575. The summed E-state index contributed by atoms with van der Waals surface area (Å²) in [7, 11) is 1.79. The Bertz CT molecular complexity index is 1060. The molecule has 1 heterocycles. The Hall–Kier alpha value is -2.45. The molecule has 3 rings (SSSR count). The van der Waals surface area contributed by atoms with Crippen LogP contribution in [0.5, 0.6) is 0 Å². The van der Waals surface area contributed by atoms with Crippen molar-refractivity contribution in [2.45, 2.75) is 6.92 Å². The minimum atomic E-state index is -3.41. The lowest BCUT2D eigenvalue weighted by Crippen LogP contribution is -2.25. The molecule has 1 aromatic heterocycles. The van der Waals surface area contributed by atoms with Gasteiger partial charge in [-0.25, -0.2) is 17.2 Å². The predicted octanol–water partition coefficient (Wildman–Crippen LogP) is 3.92. The number of fused-ring (bicyclic) bond motifs is 1. The second kappa shape index (κ2) is 8.06. The van der Waals surface area contributed by atoms with Crippen molar-refractivity contribution in [3.63, 3.8) is 0 Å². The van der Waals surface area contributed by atoms with E-state index in [0.717, 1.165) is 28.3 Å². The average Bonchev–Trinajstić information content (AvgIpc) is 2.95. The molecule has 0 radical (unpaired) electrons. The molecule has 0 aliphatic rings. The lowest BCUT2D eigenvalue weighted by atomic mass is 10.1. The van der Waals surface area contributed by atoms with Crippen molar-refractivity contribution in [2.75, 3.05) is 31.7 Å².